The first kappa shape index (κ1) is 48.1. The van der Waals surface area contributed by atoms with Crippen LogP contribution in [0, 0.1) is 78.2 Å². The van der Waals surface area contributed by atoms with E-state index >= 15 is 0 Å². The highest BCUT2D eigenvalue weighted by Crippen LogP contribution is 2.47. The Morgan fingerprint density at radius 2 is 0.700 bits per heavy atom. The van der Waals surface area contributed by atoms with Gasteiger partial charge in [0.15, 0.2) is 28.4 Å². The summed E-state index contributed by atoms with van der Waals surface area (Å²) in [7, 11) is 0. The third kappa shape index (κ3) is 7.82. The van der Waals surface area contributed by atoms with Crippen molar-refractivity contribution in [1.29, 1.82) is 21.0 Å². The zero-order valence-corrected chi connectivity index (χ0v) is 41.7. The van der Waals surface area contributed by atoms with Gasteiger partial charge in [-0.25, -0.2) is 24.2 Å². The van der Waals surface area contributed by atoms with Crippen molar-refractivity contribution in [3.05, 3.63) is 262 Å². The van der Waals surface area contributed by atoms with E-state index in [9.17, 15) is 21.0 Å². The monoisotopic (exact) mass is 1010 g/mol. The van der Waals surface area contributed by atoms with Gasteiger partial charge in [0.1, 0.15) is 0 Å². The van der Waals surface area contributed by atoms with Crippen molar-refractivity contribution >= 4 is 72.0 Å². The molecular weight excluding hydrogens is 985 g/mol. The summed E-state index contributed by atoms with van der Waals surface area (Å²) in [4.78, 5) is 23.4. The predicted octanol–water partition coefficient (Wildman–Crippen LogP) is 17.9. The van der Waals surface area contributed by atoms with Gasteiger partial charge in [0.25, 0.3) is 0 Å². The largest absolute Gasteiger partial charge is 0.308 e. The minimum atomic E-state index is 0.300. The van der Waals surface area contributed by atoms with Crippen LogP contribution in [0.15, 0.2) is 182 Å². The smallest absolute Gasteiger partial charge is 0.197 e. The maximum atomic E-state index is 10.5. The van der Waals surface area contributed by atoms with Gasteiger partial charge < -0.3 is 9.13 Å². The molecule has 0 saturated carbocycles. The second-order valence-electron chi connectivity index (χ2n) is 18.6. The molecule has 0 fully saturated rings. The van der Waals surface area contributed by atoms with E-state index in [4.69, 9.17) is 32.9 Å². The molecule has 362 valence electrons. The number of rotatable bonds is 7. The second-order valence-corrected chi connectivity index (χ2v) is 18.6. The number of nitrogens with zero attached hydrogens (tertiary/aromatic N) is 12. The van der Waals surface area contributed by atoms with Gasteiger partial charge in [-0.05, 0) is 128 Å². The first-order valence-corrected chi connectivity index (χ1v) is 24.5. The number of aromatic nitrogens is 3. The van der Waals surface area contributed by atoms with Crippen molar-refractivity contribution in [1.82, 2.24) is 14.1 Å². The van der Waals surface area contributed by atoms with Crippen molar-refractivity contribution in [3.8, 4) is 91.3 Å². The average Bonchev–Trinajstić information content (AvgIpc) is 4.15. The van der Waals surface area contributed by atoms with Gasteiger partial charge in [-0.2, -0.15) is 21.0 Å². The summed E-state index contributed by atoms with van der Waals surface area (Å²) < 4.78 is 4.23. The van der Waals surface area contributed by atoms with E-state index in [1.54, 1.807) is 85.2 Å². The second kappa shape index (κ2) is 19.4. The van der Waals surface area contributed by atoms with Crippen LogP contribution in [-0.4, -0.2) is 14.1 Å². The van der Waals surface area contributed by atoms with Crippen molar-refractivity contribution in [2.75, 3.05) is 0 Å². The van der Waals surface area contributed by atoms with Crippen molar-refractivity contribution in [2.45, 2.75) is 0 Å². The lowest BCUT2D eigenvalue weighted by atomic mass is 9.97. The van der Waals surface area contributed by atoms with Crippen LogP contribution in [0.3, 0.4) is 0 Å². The average molecular weight is 1020 g/mol. The lowest BCUT2D eigenvalue weighted by Gasteiger charge is -2.20. The first-order valence-electron chi connectivity index (χ1n) is 24.5. The van der Waals surface area contributed by atoms with Crippen LogP contribution < -0.4 is 0 Å². The minimum Gasteiger partial charge on any atom is -0.308 e. The Labute approximate surface area is 457 Å². The topological polar surface area (TPSA) is 140 Å². The van der Waals surface area contributed by atoms with E-state index < -0.39 is 0 Å². The number of hydrogen-bond acceptors (Lipinski definition) is 5. The fraction of sp³-hybridized carbons (Fsp3) is 0. The van der Waals surface area contributed by atoms with Gasteiger partial charge in [-0.15, -0.1) is 0 Å². The molecule has 0 radical (unpaired) electrons. The van der Waals surface area contributed by atoms with Gasteiger partial charge in [0, 0.05) is 33.9 Å². The number of fused-ring (bicyclic) bond motifs is 6. The molecule has 0 amide bonds. The fourth-order valence-corrected chi connectivity index (χ4v) is 10.8. The quantitative estimate of drug-likeness (QED) is 0.146. The molecule has 3 heterocycles. The van der Waals surface area contributed by atoms with Gasteiger partial charge in [-0.1, -0.05) is 97.1 Å². The highest BCUT2D eigenvalue weighted by molar-refractivity contribution is 6.14. The molecule has 12 rings (SSSR count). The Kier molecular flexibility index (Phi) is 11.7. The summed E-state index contributed by atoms with van der Waals surface area (Å²) in [6.07, 6.45) is 3.34. The van der Waals surface area contributed by atoms with Crippen LogP contribution >= 0.6 is 0 Å². The molecule has 80 heavy (non-hydrogen) atoms. The molecular formula is C68H30N12. The number of nitriles is 4. The Hall–Kier alpha value is -12.9. The van der Waals surface area contributed by atoms with E-state index in [-0.39, 0.29) is 0 Å². The lowest BCUT2D eigenvalue weighted by Crippen LogP contribution is -2.05. The summed E-state index contributed by atoms with van der Waals surface area (Å²) in [5, 5.41) is 43.9. The molecule has 0 aliphatic heterocycles. The zero-order chi connectivity index (χ0) is 55.2. The van der Waals surface area contributed by atoms with Crippen LogP contribution in [0.4, 0.5) is 28.4 Å². The SMILES string of the molecule is [C-]#[N+]c1ccc(-c2ccc3c4ccc(-c5ccc(C#N)cc5C#N)cc4n(-c4cc([N+]#[C-])c(-c5ccncc5)cc4-n4c5cc(-c6ccc(C#N)cc6C#N)ccc5c5ccc(-c6ccc([N+]#[C-])cc6[N+]#[C-])cc54)c3c2)c([N+]#[C-])c1. The Morgan fingerprint density at radius 3 is 1.07 bits per heavy atom. The third-order valence-corrected chi connectivity index (χ3v) is 14.5. The Balaban J connectivity index is 1.27. The molecule has 12 aromatic rings. The maximum Gasteiger partial charge on any atom is 0.197 e. The number of pyridine rings is 1. The summed E-state index contributed by atoms with van der Waals surface area (Å²) in [5.41, 5.74) is 13.5. The van der Waals surface area contributed by atoms with Crippen molar-refractivity contribution in [2.24, 2.45) is 0 Å². The van der Waals surface area contributed by atoms with Crippen molar-refractivity contribution in [3.63, 3.8) is 0 Å². The van der Waals surface area contributed by atoms with Gasteiger partial charge in [-0.3, -0.25) is 4.98 Å². The van der Waals surface area contributed by atoms with Gasteiger partial charge in [0.2, 0.25) is 0 Å². The molecule has 0 bridgehead atoms. The number of benzene rings is 9. The molecule has 3 aromatic heterocycles. The zero-order valence-electron chi connectivity index (χ0n) is 41.7. The molecule has 0 aliphatic rings. The fourth-order valence-electron chi connectivity index (χ4n) is 10.8. The molecule has 0 saturated heterocycles. The molecule has 0 aliphatic carbocycles. The molecule has 0 spiro atoms. The van der Waals surface area contributed by atoms with Gasteiger partial charge in [0.05, 0.1) is 113 Å². The molecule has 0 N–H and O–H groups in total. The number of hydrogen-bond donors (Lipinski definition) is 0. The minimum absolute atomic E-state index is 0.300. The van der Waals surface area contributed by atoms with Crippen LogP contribution in [-0.2, 0) is 0 Å². The predicted molar refractivity (Wildman–Crippen MR) is 310 cm³/mol. The lowest BCUT2D eigenvalue weighted by molar-refractivity contribution is 1.10. The van der Waals surface area contributed by atoms with E-state index in [0.717, 1.165) is 32.6 Å². The third-order valence-electron chi connectivity index (χ3n) is 14.5. The highest BCUT2D eigenvalue weighted by atomic mass is 15.1. The summed E-state index contributed by atoms with van der Waals surface area (Å²) in [6, 6.07) is 60.4. The van der Waals surface area contributed by atoms with E-state index in [1.165, 1.54) is 0 Å². The molecule has 9 aromatic carbocycles. The Bertz CT molecular complexity index is 4860. The van der Waals surface area contributed by atoms with E-state index in [1.807, 2.05) is 97.1 Å². The van der Waals surface area contributed by atoms with E-state index in [0.29, 0.717) is 129 Å². The summed E-state index contributed by atoms with van der Waals surface area (Å²) >= 11 is 0. The summed E-state index contributed by atoms with van der Waals surface area (Å²) in [6.45, 7) is 40.6. The highest BCUT2D eigenvalue weighted by Gasteiger charge is 2.25. The molecule has 12 nitrogen and oxygen atoms in total. The standard InChI is InChI=1S/C68H30N12/c1-73-49-12-20-53(60(32-49)75-3)45-10-18-57-55-16-8-43(51-14-6-40(36-69)26-47(51)38-71)28-63(55)79(65(57)30-45)67-34-59(42-22-24-78-25-23-42)62(77-5)35-68(67)80-64-29-44(52-15-7-41(37-70)27-48(52)39-72)9-17-56(64)58-19-11-46(31-66(58)80)54-21-13-50(74-2)33-61(54)76-4/h6-35H. The van der Waals surface area contributed by atoms with Crippen LogP contribution in [0.2, 0.25) is 0 Å². The molecule has 0 unspecified atom stereocenters. The summed E-state index contributed by atoms with van der Waals surface area (Å²) in [5.74, 6) is 0. The van der Waals surface area contributed by atoms with Crippen molar-refractivity contribution < 1.29 is 0 Å². The van der Waals surface area contributed by atoms with Crippen LogP contribution in [0.5, 0.6) is 0 Å². The van der Waals surface area contributed by atoms with Gasteiger partial charge >= 0.3 is 0 Å². The molecule has 0 atom stereocenters. The van der Waals surface area contributed by atoms with Crippen LogP contribution in [0.1, 0.15) is 22.3 Å². The first-order chi connectivity index (χ1) is 39.2. The molecule has 12 heteroatoms. The van der Waals surface area contributed by atoms with E-state index in [2.05, 4.69) is 62.6 Å². The normalized spacial score (nSPS) is 10.6. The maximum absolute atomic E-state index is 10.5. The van der Waals surface area contributed by atoms with Crippen LogP contribution in [0.25, 0.3) is 135 Å². The Morgan fingerprint density at radius 1 is 0.325 bits per heavy atom.